The van der Waals surface area contributed by atoms with Crippen molar-refractivity contribution in [2.24, 2.45) is 23.7 Å². The van der Waals surface area contributed by atoms with Crippen LogP contribution in [0.15, 0.2) is 0 Å². The number of carbonyl (C=O) groups is 1. The molecule has 1 rings (SSSR count). The molecule has 0 spiro atoms. The first-order valence-electron chi connectivity index (χ1n) is 5.70. The van der Waals surface area contributed by atoms with Gasteiger partial charge in [0.15, 0.2) is 0 Å². The molecule has 2 nitrogen and oxygen atoms in total. The molecule has 1 saturated carbocycles. The first-order chi connectivity index (χ1) is 6.50. The van der Waals surface area contributed by atoms with Gasteiger partial charge in [0.2, 0.25) is 0 Å². The van der Waals surface area contributed by atoms with Gasteiger partial charge in [0, 0.05) is 5.97 Å². The summed E-state index contributed by atoms with van der Waals surface area (Å²) < 4.78 is 0. The average Bonchev–Trinajstić information content (AvgIpc) is 2.07. The van der Waals surface area contributed by atoms with E-state index < -0.39 is 5.97 Å². The Morgan fingerprint density at radius 2 is 2.07 bits per heavy atom. The molecule has 82 valence electrons. The molecule has 0 aliphatic heterocycles. The zero-order valence-electron chi connectivity index (χ0n) is 9.45. The van der Waals surface area contributed by atoms with Crippen molar-refractivity contribution in [3.05, 3.63) is 0 Å². The van der Waals surface area contributed by atoms with Crippen molar-refractivity contribution < 1.29 is 9.90 Å². The third-order valence-electron chi connectivity index (χ3n) is 3.77. The number of rotatable bonds is 3. The second kappa shape index (κ2) is 4.81. The van der Waals surface area contributed by atoms with Crippen molar-refractivity contribution in [3.63, 3.8) is 0 Å². The average molecular weight is 197 g/mol. The number of carbonyl (C=O) groups excluding carboxylic acids is 1. The monoisotopic (exact) mass is 197 g/mol. The number of hydrogen-bond acceptors (Lipinski definition) is 2. The molecule has 3 unspecified atom stereocenters. The predicted octanol–water partition coefficient (Wildman–Crippen LogP) is 1.83. The molecule has 0 radical (unpaired) electrons. The maximum absolute atomic E-state index is 10.6. The maximum atomic E-state index is 10.6. The molecule has 0 aromatic carbocycles. The second-order valence-corrected chi connectivity index (χ2v) is 5.13. The van der Waals surface area contributed by atoms with Crippen LogP contribution in [0.5, 0.6) is 0 Å². The van der Waals surface area contributed by atoms with Gasteiger partial charge in [-0.15, -0.1) is 0 Å². The molecule has 1 aliphatic carbocycles. The van der Waals surface area contributed by atoms with Crippen LogP contribution in [-0.2, 0) is 4.79 Å². The van der Waals surface area contributed by atoms with E-state index in [9.17, 15) is 9.90 Å². The van der Waals surface area contributed by atoms with E-state index in [0.29, 0.717) is 17.8 Å². The zero-order valence-corrected chi connectivity index (χ0v) is 9.45. The standard InChI is InChI=1S/C12H22O2/c1-8(2)10-5-4-9(3)11(6-10)7-12(13)14/h8-11H,4-7H2,1-3H3,(H,13,14)/p-1. The molecule has 1 fully saturated rings. The van der Waals surface area contributed by atoms with E-state index >= 15 is 0 Å². The zero-order chi connectivity index (χ0) is 10.7. The minimum absolute atomic E-state index is 0.254. The highest BCUT2D eigenvalue weighted by Gasteiger charge is 2.28. The molecule has 0 aromatic heterocycles. The van der Waals surface area contributed by atoms with Crippen LogP contribution in [0.4, 0.5) is 0 Å². The van der Waals surface area contributed by atoms with Crippen LogP contribution in [-0.4, -0.2) is 5.97 Å². The van der Waals surface area contributed by atoms with Crippen molar-refractivity contribution >= 4 is 5.97 Å². The first-order valence-corrected chi connectivity index (χ1v) is 5.70. The minimum Gasteiger partial charge on any atom is -0.550 e. The lowest BCUT2D eigenvalue weighted by Crippen LogP contribution is -2.32. The molecular weight excluding hydrogens is 176 g/mol. The van der Waals surface area contributed by atoms with Crippen LogP contribution >= 0.6 is 0 Å². The molecule has 0 amide bonds. The number of carboxylic acid groups (broad SMARTS) is 1. The van der Waals surface area contributed by atoms with Gasteiger partial charge in [-0.2, -0.15) is 0 Å². The molecule has 1 aliphatic rings. The molecule has 14 heavy (non-hydrogen) atoms. The second-order valence-electron chi connectivity index (χ2n) is 5.13. The van der Waals surface area contributed by atoms with Crippen molar-refractivity contribution in [3.8, 4) is 0 Å². The normalized spacial score (nSPS) is 33.3. The Hall–Kier alpha value is -0.530. The highest BCUT2D eigenvalue weighted by atomic mass is 16.4. The fourth-order valence-corrected chi connectivity index (χ4v) is 2.56. The van der Waals surface area contributed by atoms with E-state index in [4.69, 9.17) is 0 Å². The van der Waals surface area contributed by atoms with Crippen LogP contribution in [0.1, 0.15) is 46.5 Å². The lowest BCUT2D eigenvalue weighted by molar-refractivity contribution is -0.307. The van der Waals surface area contributed by atoms with Gasteiger partial charge < -0.3 is 9.90 Å². The summed E-state index contributed by atoms with van der Waals surface area (Å²) in [6.45, 7) is 6.64. The Kier molecular flexibility index (Phi) is 3.97. The van der Waals surface area contributed by atoms with Crippen molar-refractivity contribution in [1.29, 1.82) is 0 Å². The quantitative estimate of drug-likeness (QED) is 0.692. The highest BCUT2D eigenvalue weighted by molar-refractivity contribution is 5.64. The van der Waals surface area contributed by atoms with Gasteiger partial charge in [0.25, 0.3) is 0 Å². The van der Waals surface area contributed by atoms with Crippen molar-refractivity contribution in [1.82, 2.24) is 0 Å². The summed E-state index contributed by atoms with van der Waals surface area (Å²) in [7, 11) is 0. The lowest BCUT2D eigenvalue weighted by atomic mass is 9.70. The fraction of sp³-hybridized carbons (Fsp3) is 0.917. The summed E-state index contributed by atoms with van der Waals surface area (Å²) in [5.74, 6) is 1.43. The van der Waals surface area contributed by atoms with Crippen LogP contribution in [0.2, 0.25) is 0 Å². The molecule has 3 atom stereocenters. The van der Waals surface area contributed by atoms with Crippen LogP contribution < -0.4 is 5.11 Å². The van der Waals surface area contributed by atoms with E-state index in [2.05, 4.69) is 20.8 Å². The maximum Gasteiger partial charge on any atom is 0.0417 e. The van der Waals surface area contributed by atoms with Crippen LogP contribution in [0, 0.1) is 23.7 Å². The smallest absolute Gasteiger partial charge is 0.0417 e. The Balaban J connectivity index is 2.50. The Bertz CT molecular complexity index is 198. The number of hydrogen-bond donors (Lipinski definition) is 0. The van der Waals surface area contributed by atoms with Crippen LogP contribution in [0.3, 0.4) is 0 Å². The fourth-order valence-electron chi connectivity index (χ4n) is 2.56. The van der Waals surface area contributed by atoms with E-state index in [-0.39, 0.29) is 6.42 Å². The van der Waals surface area contributed by atoms with Gasteiger partial charge in [-0.25, -0.2) is 0 Å². The molecule has 0 N–H and O–H groups in total. The van der Waals surface area contributed by atoms with E-state index in [1.54, 1.807) is 0 Å². The van der Waals surface area contributed by atoms with Crippen molar-refractivity contribution in [2.75, 3.05) is 0 Å². The van der Waals surface area contributed by atoms with Gasteiger partial charge in [0.1, 0.15) is 0 Å². The Labute approximate surface area is 86.7 Å². The molecule has 0 heterocycles. The molecule has 0 bridgehead atoms. The van der Waals surface area contributed by atoms with Gasteiger partial charge in [0.05, 0.1) is 0 Å². The molecule has 2 heteroatoms. The predicted molar refractivity (Wildman–Crippen MR) is 54.5 cm³/mol. The molecular formula is C12H21O2-. The summed E-state index contributed by atoms with van der Waals surface area (Å²) in [5, 5.41) is 10.6. The van der Waals surface area contributed by atoms with Gasteiger partial charge >= 0.3 is 0 Å². The van der Waals surface area contributed by atoms with E-state index in [1.807, 2.05) is 0 Å². The van der Waals surface area contributed by atoms with Crippen LogP contribution in [0.25, 0.3) is 0 Å². The molecule has 0 aromatic rings. The lowest BCUT2D eigenvalue weighted by Gasteiger charge is -2.36. The number of carboxylic acids is 1. The van der Waals surface area contributed by atoms with E-state index in [0.717, 1.165) is 12.3 Å². The topological polar surface area (TPSA) is 40.1 Å². The Morgan fingerprint density at radius 1 is 1.43 bits per heavy atom. The summed E-state index contributed by atoms with van der Waals surface area (Å²) in [6.07, 6.45) is 3.78. The summed E-state index contributed by atoms with van der Waals surface area (Å²) in [6, 6.07) is 0. The third kappa shape index (κ3) is 3.00. The number of aliphatic carboxylic acids is 1. The largest absolute Gasteiger partial charge is 0.550 e. The van der Waals surface area contributed by atoms with E-state index in [1.165, 1.54) is 12.8 Å². The van der Waals surface area contributed by atoms with Gasteiger partial charge in [-0.1, -0.05) is 27.2 Å². The van der Waals surface area contributed by atoms with Gasteiger partial charge in [-0.3, -0.25) is 0 Å². The summed E-state index contributed by atoms with van der Waals surface area (Å²) >= 11 is 0. The van der Waals surface area contributed by atoms with Crippen molar-refractivity contribution in [2.45, 2.75) is 46.5 Å². The first kappa shape index (κ1) is 11.5. The SMILES string of the molecule is CC(C)C1CCC(C)C(CC(=O)[O-])C1. The third-order valence-corrected chi connectivity index (χ3v) is 3.77. The summed E-state index contributed by atoms with van der Waals surface area (Å²) in [5.41, 5.74) is 0. The minimum atomic E-state index is -0.883. The highest BCUT2D eigenvalue weighted by Crippen LogP contribution is 2.38. The molecule has 0 saturated heterocycles. The Morgan fingerprint density at radius 3 is 2.57 bits per heavy atom. The summed E-state index contributed by atoms with van der Waals surface area (Å²) in [4.78, 5) is 10.6. The van der Waals surface area contributed by atoms with Gasteiger partial charge in [-0.05, 0) is 42.9 Å².